The van der Waals surface area contributed by atoms with Crippen molar-refractivity contribution in [3.8, 4) is 0 Å². The fraction of sp³-hybridized carbons (Fsp3) is 0.500. The highest BCUT2D eigenvalue weighted by Gasteiger charge is 2.20. The average Bonchev–Trinajstić information content (AvgIpc) is 2.46. The van der Waals surface area contributed by atoms with Crippen LogP contribution in [-0.4, -0.2) is 23.9 Å². The van der Waals surface area contributed by atoms with E-state index >= 15 is 0 Å². The number of nitro benzene ring substituents is 1. The Morgan fingerprint density at radius 3 is 2.70 bits per heavy atom. The zero-order valence-corrected chi connectivity index (χ0v) is 11.3. The largest absolute Gasteiger partial charge is 0.371 e. The molecule has 1 heterocycles. The third kappa shape index (κ3) is 3.69. The molecule has 1 aliphatic rings. The van der Waals surface area contributed by atoms with E-state index in [1.54, 1.807) is 12.1 Å². The molecule has 1 fully saturated rings. The highest BCUT2D eigenvalue weighted by Crippen LogP contribution is 2.27. The second-order valence-corrected chi connectivity index (χ2v) is 5.21. The van der Waals surface area contributed by atoms with Crippen LogP contribution >= 0.6 is 0 Å². The highest BCUT2D eigenvalue weighted by atomic mass is 16.6. The van der Waals surface area contributed by atoms with Gasteiger partial charge >= 0.3 is 0 Å². The fourth-order valence-electron chi connectivity index (χ4n) is 2.63. The molecule has 0 bridgehead atoms. The molecule has 0 aliphatic carbocycles. The molecule has 20 heavy (non-hydrogen) atoms. The Morgan fingerprint density at radius 2 is 2.10 bits per heavy atom. The monoisotopic (exact) mass is 277 g/mol. The van der Waals surface area contributed by atoms with Crippen LogP contribution in [0.2, 0.25) is 0 Å². The maximum Gasteiger partial charge on any atom is 0.271 e. The molecule has 0 saturated carbocycles. The first-order valence-electron chi connectivity index (χ1n) is 6.84. The van der Waals surface area contributed by atoms with Crippen molar-refractivity contribution in [2.45, 2.75) is 25.7 Å². The SMILES string of the molecule is NC(=O)CCC1CCN(c2cccc([N+](=O)[O-])c2)CC1. The molecule has 2 N–H and O–H groups in total. The lowest BCUT2D eigenvalue weighted by atomic mass is 9.92. The Labute approximate surface area is 117 Å². The van der Waals surface area contributed by atoms with Crippen molar-refractivity contribution in [2.75, 3.05) is 18.0 Å². The molecule has 6 nitrogen and oxygen atoms in total. The maximum absolute atomic E-state index is 10.8. The summed E-state index contributed by atoms with van der Waals surface area (Å²) in [7, 11) is 0. The summed E-state index contributed by atoms with van der Waals surface area (Å²) in [5.74, 6) is 0.281. The second kappa shape index (κ2) is 6.36. The number of nitrogens with two attached hydrogens (primary N) is 1. The van der Waals surface area contributed by atoms with Crippen LogP contribution in [0.25, 0.3) is 0 Å². The van der Waals surface area contributed by atoms with Gasteiger partial charge in [0.2, 0.25) is 5.91 Å². The molecule has 1 aromatic carbocycles. The van der Waals surface area contributed by atoms with Crippen LogP contribution in [0.5, 0.6) is 0 Å². The van der Waals surface area contributed by atoms with E-state index < -0.39 is 0 Å². The number of anilines is 1. The number of hydrogen-bond acceptors (Lipinski definition) is 4. The molecule has 1 amide bonds. The van der Waals surface area contributed by atoms with Crippen LogP contribution in [0.1, 0.15) is 25.7 Å². The highest BCUT2D eigenvalue weighted by molar-refractivity contribution is 5.73. The van der Waals surface area contributed by atoms with Crippen LogP contribution in [0, 0.1) is 16.0 Å². The van der Waals surface area contributed by atoms with E-state index in [0.29, 0.717) is 12.3 Å². The molecule has 0 unspecified atom stereocenters. The first-order chi connectivity index (χ1) is 9.56. The second-order valence-electron chi connectivity index (χ2n) is 5.21. The summed E-state index contributed by atoms with van der Waals surface area (Å²) in [5, 5.41) is 10.8. The van der Waals surface area contributed by atoms with Gasteiger partial charge in [-0.05, 0) is 31.2 Å². The number of hydrogen-bond donors (Lipinski definition) is 1. The lowest BCUT2D eigenvalue weighted by molar-refractivity contribution is -0.384. The Hall–Kier alpha value is -2.11. The van der Waals surface area contributed by atoms with E-state index in [1.165, 1.54) is 6.07 Å². The van der Waals surface area contributed by atoms with E-state index in [-0.39, 0.29) is 16.5 Å². The van der Waals surface area contributed by atoms with Gasteiger partial charge < -0.3 is 10.6 Å². The van der Waals surface area contributed by atoms with Gasteiger partial charge in [-0.25, -0.2) is 0 Å². The summed E-state index contributed by atoms with van der Waals surface area (Å²) >= 11 is 0. The lowest BCUT2D eigenvalue weighted by Gasteiger charge is -2.33. The quantitative estimate of drug-likeness (QED) is 0.659. The van der Waals surface area contributed by atoms with Crippen LogP contribution in [-0.2, 0) is 4.79 Å². The molecule has 0 radical (unpaired) electrons. The smallest absolute Gasteiger partial charge is 0.271 e. The molecule has 1 saturated heterocycles. The fourth-order valence-corrected chi connectivity index (χ4v) is 2.63. The van der Waals surface area contributed by atoms with Crippen molar-refractivity contribution in [2.24, 2.45) is 11.7 Å². The number of primary amides is 1. The van der Waals surface area contributed by atoms with Crippen LogP contribution in [0.15, 0.2) is 24.3 Å². The predicted molar refractivity (Wildman–Crippen MR) is 76.5 cm³/mol. The average molecular weight is 277 g/mol. The van der Waals surface area contributed by atoms with Crippen molar-refractivity contribution in [1.82, 2.24) is 0 Å². The first-order valence-corrected chi connectivity index (χ1v) is 6.84. The van der Waals surface area contributed by atoms with Crippen molar-refractivity contribution < 1.29 is 9.72 Å². The van der Waals surface area contributed by atoms with Gasteiger partial charge in [0, 0.05) is 37.3 Å². The van der Waals surface area contributed by atoms with Crippen LogP contribution in [0.4, 0.5) is 11.4 Å². The molecule has 6 heteroatoms. The first kappa shape index (κ1) is 14.3. The number of nitro groups is 1. The van der Waals surface area contributed by atoms with Gasteiger partial charge in [0.15, 0.2) is 0 Å². The van der Waals surface area contributed by atoms with Crippen molar-refractivity contribution in [3.63, 3.8) is 0 Å². The Balaban J connectivity index is 1.92. The number of carbonyl (C=O) groups is 1. The minimum Gasteiger partial charge on any atom is -0.371 e. The number of non-ortho nitro benzene ring substituents is 1. The van der Waals surface area contributed by atoms with Gasteiger partial charge in [-0.2, -0.15) is 0 Å². The predicted octanol–water partition coefficient (Wildman–Crippen LogP) is 2.08. The normalized spacial score (nSPS) is 16.1. The molecule has 0 aromatic heterocycles. The Kier molecular flexibility index (Phi) is 4.55. The molecule has 0 spiro atoms. The third-order valence-corrected chi connectivity index (χ3v) is 3.82. The Morgan fingerprint density at radius 1 is 1.40 bits per heavy atom. The van der Waals surface area contributed by atoms with Gasteiger partial charge in [-0.15, -0.1) is 0 Å². The summed E-state index contributed by atoms with van der Waals surface area (Å²) in [4.78, 5) is 23.3. The minimum absolute atomic E-state index is 0.123. The Bertz CT molecular complexity index is 496. The topological polar surface area (TPSA) is 89.5 Å². The van der Waals surface area contributed by atoms with E-state index in [9.17, 15) is 14.9 Å². The summed E-state index contributed by atoms with van der Waals surface area (Å²) in [5.41, 5.74) is 6.18. The van der Waals surface area contributed by atoms with Crippen LogP contribution in [0.3, 0.4) is 0 Å². The van der Waals surface area contributed by atoms with Crippen molar-refractivity contribution in [1.29, 1.82) is 0 Å². The number of nitrogens with zero attached hydrogens (tertiary/aromatic N) is 2. The van der Waals surface area contributed by atoms with E-state index in [1.807, 2.05) is 6.07 Å². The molecular formula is C14H19N3O3. The van der Waals surface area contributed by atoms with Gasteiger partial charge in [-0.3, -0.25) is 14.9 Å². The molecule has 108 valence electrons. The molecule has 1 aliphatic heterocycles. The van der Waals surface area contributed by atoms with E-state index in [2.05, 4.69) is 4.90 Å². The van der Waals surface area contributed by atoms with Crippen molar-refractivity contribution in [3.05, 3.63) is 34.4 Å². The van der Waals surface area contributed by atoms with Gasteiger partial charge in [0.05, 0.1) is 4.92 Å². The zero-order valence-electron chi connectivity index (χ0n) is 11.3. The summed E-state index contributed by atoms with van der Waals surface area (Å²) in [6.45, 7) is 1.73. The third-order valence-electron chi connectivity index (χ3n) is 3.82. The minimum atomic E-state index is -0.372. The lowest BCUT2D eigenvalue weighted by Crippen LogP contribution is -2.34. The van der Waals surface area contributed by atoms with Crippen LogP contribution < -0.4 is 10.6 Å². The van der Waals surface area contributed by atoms with Crippen molar-refractivity contribution >= 4 is 17.3 Å². The number of amides is 1. The number of benzene rings is 1. The summed E-state index contributed by atoms with van der Waals surface area (Å²) < 4.78 is 0. The summed E-state index contributed by atoms with van der Waals surface area (Å²) in [6.07, 6.45) is 3.28. The van der Waals surface area contributed by atoms with Gasteiger partial charge in [0.25, 0.3) is 5.69 Å². The van der Waals surface area contributed by atoms with Gasteiger partial charge in [-0.1, -0.05) is 6.07 Å². The number of piperidine rings is 1. The van der Waals surface area contributed by atoms with Gasteiger partial charge in [0.1, 0.15) is 0 Å². The summed E-state index contributed by atoms with van der Waals surface area (Å²) in [6, 6.07) is 6.73. The molecule has 2 rings (SSSR count). The molecular weight excluding hydrogens is 258 g/mol. The van der Waals surface area contributed by atoms with E-state index in [4.69, 9.17) is 5.73 Å². The number of rotatable bonds is 5. The maximum atomic E-state index is 10.8. The van der Waals surface area contributed by atoms with E-state index in [0.717, 1.165) is 38.0 Å². The molecule has 1 aromatic rings. The standard InChI is InChI=1S/C14H19N3O3/c15-14(18)5-4-11-6-8-16(9-7-11)12-2-1-3-13(10-12)17(19)20/h1-3,10-11H,4-9H2,(H2,15,18). The zero-order chi connectivity index (χ0) is 14.5. The molecule has 0 atom stereocenters. The number of carbonyl (C=O) groups excluding carboxylic acids is 1.